The number of aromatic nitrogens is 2. The van der Waals surface area contributed by atoms with E-state index in [1.807, 2.05) is 24.3 Å². The van der Waals surface area contributed by atoms with Crippen LogP contribution in [-0.4, -0.2) is 9.97 Å². The van der Waals surface area contributed by atoms with Crippen LogP contribution in [0.1, 0.15) is 0 Å². The van der Waals surface area contributed by atoms with E-state index in [1.54, 1.807) is 0 Å². The molecular formula is C17H12N2. The van der Waals surface area contributed by atoms with Gasteiger partial charge in [0.15, 0.2) is 0 Å². The van der Waals surface area contributed by atoms with Crippen molar-refractivity contribution < 1.29 is 0 Å². The lowest BCUT2D eigenvalue weighted by Crippen LogP contribution is -1.74. The summed E-state index contributed by atoms with van der Waals surface area (Å²) in [5.74, 6) is 0.931. The van der Waals surface area contributed by atoms with Crippen LogP contribution in [0.3, 0.4) is 0 Å². The third-order valence-electron chi connectivity index (χ3n) is 3.39. The molecule has 0 atom stereocenters. The van der Waals surface area contributed by atoms with E-state index in [-0.39, 0.29) is 0 Å². The lowest BCUT2D eigenvalue weighted by Gasteiger charge is -1.87. The second-order valence-corrected chi connectivity index (χ2v) is 4.67. The Bertz CT molecular complexity index is 766. The molecule has 0 radical (unpaired) electrons. The third kappa shape index (κ3) is 1.69. The molecular weight excluding hydrogens is 232 g/mol. The summed E-state index contributed by atoms with van der Waals surface area (Å²) < 4.78 is 0. The number of benzene rings is 1. The van der Waals surface area contributed by atoms with Crippen molar-refractivity contribution in [2.45, 2.75) is 0 Å². The van der Waals surface area contributed by atoms with E-state index in [0.29, 0.717) is 0 Å². The Kier molecular flexibility index (Phi) is 2.15. The molecule has 4 rings (SSSR count). The Morgan fingerprint density at radius 3 is 2.11 bits per heavy atom. The van der Waals surface area contributed by atoms with Crippen molar-refractivity contribution in [1.82, 2.24) is 9.97 Å². The fourth-order valence-electron chi connectivity index (χ4n) is 2.44. The molecule has 1 aromatic heterocycles. The third-order valence-corrected chi connectivity index (χ3v) is 3.39. The number of para-hydroxylation sites is 2. The van der Waals surface area contributed by atoms with Crippen molar-refractivity contribution in [2.24, 2.45) is 0 Å². The van der Waals surface area contributed by atoms with Gasteiger partial charge in [0.05, 0.1) is 11.0 Å². The minimum absolute atomic E-state index is 0.931. The predicted octanol–water partition coefficient (Wildman–Crippen LogP) is 4.33. The summed E-state index contributed by atoms with van der Waals surface area (Å²) in [6.45, 7) is 0. The van der Waals surface area contributed by atoms with Crippen molar-refractivity contribution in [3.8, 4) is 22.5 Å². The second kappa shape index (κ2) is 3.95. The molecule has 2 aromatic rings. The molecule has 2 nitrogen and oxygen atoms in total. The number of imidazole rings is 1. The van der Waals surface area contributed by atoms with Gasteiger partial charge >= 0.3 is 0 Å². The van der Waals surface area contributed by atoms with Crippen LogP contribution in [0, 0.1) is 0 Å². The summed E-state index contributed by atoms with van der Waals surface area (Å²) in [6.07, 6.45) is 0. The van der Waals surface area contributed by atoms with Crippen LogP contribution in [0.15, 0.2) is 66.7 Å². The molecule has 0 amide bonds. The van der Waals surface area contributed by atoms with E-state index in [1.165, 1.54) is 11.1 Å². The van der Waals surface area contributed by atoms with E-state index in [2.05, 4.69) is 52.4 Å². The maximum atomic E-state index is 4.64. The van der Waals surface area contributed by atoms with E-state index in [0.717, 1.165) is 22.4 Å². The summed E-state index contributed by atoms with van der Waals surface area (Å²) in [5, 5.41) is 0. The topological polar surface area (TPSA) is 28.7 Å². The highest BCUT2D eigenvalue weighted by molar-refractivity contribution is 5.83. The molecule has 0 unspecified atom stereocenters. The normalized spacial score (nSPS) is 11.2. The molecule has 2 aliphatic rings. The number of hydrogen-bond acceptors (Lipinski definition) is 1. The van der Waals surface area contributed by atoms with Gasteiger partial charge in [0, 0.05) is 5.56 Å². The summed E-state index contributed by atoms with van der Waals surface area (Å²) >= 11 is 0. The highest BCUT2D eigenvalue weighted by Crippen LogP contribution is 2.31. The van der Waals surface area contributed by atoms with Gasteiger partial charge in [-0.05, 0) is 35.4 Å². The molecule has 19 heavy (non-hydrogen) atoms. The quantitative estimate of drug-likeness (QED) is 0.530. The van der Waals surface area contributed by atoms with Crippen LogP contribution >= 0.6 is 0 Å². The standard InChI is InChI=1S/C17H12N2/c1-2-6-12-10-14(11-13(12)7-3-1)17-18-15-8-4-5-9-16(15)19-17/h1-11H,(H,18,19). The minimum atomic E-state index is 0.931. The van der Waals surface area contributed by atoms with Crippen LogP contribution in [-0.2, 0) is 0 Å². The lowest BCUT2D eigenvalue weighted by molar-refractivity contribution is 1.35. The van der Waals surface area contributed by atoms with Crippen molar-refractivity contribution >= 4 is 11.0 Å². The molecule has 0 fully saturated rings. The summed E-state index contributed by atoms with van der Waals surface area (Å²) in [7, 11) is 0. The summed E-state index contributed by atoms with van der Waals surface area (Å²) in [5.41, 5.74) is 5.69. The van der Waals surface area contributed by atoms with E-state index < -0.39 is 0 Å². The van der Waals surface area contributed by atoms with E-state index in [9.17, 15) is 0 Å². The minimum Gasteiger partial charge on any atom is -0.338 e. The number of fused-ring (bicyclic) bond motifs is 2. The Labute approximate surface area is 111 Å². The van der Waals surface area contributed by atoms with Gasteiger partial charge in [-0.25, -0.2) is 4.98 Å². The monoisotopic (exact) mass is 244 g/mol. The number of H-pyrrole nitrogens is 1. The number of hydrogen-bond donors (Lipinski definition) is 1. The van der Waals surface area contributed by atoms with Gasteiger partial charge in [-0.15, -0.1) is 0 Å². The zero-order valence-corrected chi connectivity index (χ0v) is 10.3. The molecule has 0 saturated heterocycles. The van der Waals surface area contributed by atoms with Crippen LogP contribution in [0.5, 0.6) is 0 Å². The van der Waals surface area contributed by atoms with Gasteiger partial charge in [0.2, 0.25) is 0 Å². The van der Waals surface area contributed by atoms with Gasteiger partial charge in [-0.3, -0.25) is 0 Å². The SMILES string of the molecule is c1ccc2cc(-c3nc4ccccc4[nH]3)cc-2cc1. The van der Waals surface area contributed by atoms with Crippen LogP contribution in [0.4, 0.5) is 0 Å². The maximum absolute atomic E-state index is 4.64. The number of aromatic amines is 1. The number of rotatable bonds is 1. The first-order valence-corrected chi connectivity index (χ1v) is 6.34. The zero-order chi connectivity index (χ0) is 12.7. The average Bonchev–Trinajstić information content (AvgIpc) is 2.97. The molecule has 2 aliphatic carbocycles. The Balaban J connectivity index is 1.92. The fraction of sp³-hybridized carbons (Fsp3) is 0. The first-order valence-electron chi connectivity index (χ1n) is 6.34. The predicted molar refractivity (Wildman–Crippen MR) is 78.2 cm³/mol. The summed E-state index contributed by atoms with van der Waals surface area (Å²) in [6, 6.07) is 22.9. The van der Waals surface area contributed by atoms with Gasteiger partial charge in [0.25, 0.3) is 0 Å². The van der Waals surface area contributed by atoms with Crippen molar-refractivity contribution in [2.75, 3.05) is 0 Å². The van der Waals surface area contributed by atoms with Gasteiger partial charge in [0.1, 0.15) is 5.82 Å². The Hall–Kier alpha value is -2.61. The zero-order valence-electron chi connectivity index (χ0n) is 10.3. The van der Waals surface area contributed by atoms with Gasteiger partial charge in [-0.2, -0.15) is 0 Å². The molecule has 0 bridgehead atoms. The van der Waals surface area contributed by atoms with Crippen molar-refractivity contribution in [1.29, 1.82) is 0 Å². The number of nitrogens with one attached hydrogen (secondary N) is 1. The van der Waals surface area contributed by atoms with Crippen LogP contribution in [0.2, 0.25) is 0 Å². The molecule has 0 spiro atoms. The van der Waals surface area contributed by atoms with E-state index in [4.69, 9.17) is 0 Å². The second-order valence-electron chi connectivity index (χ2n) is 4.67. The van der Waals surface area contributed by atoms with Crippen molar-refractivity contribution in [3.63, 3.8) is 0 Å². The van der Waals surface area contributed by atoms with Gasteiger partial charge in [-0.1, -0.05) is 42.5 Å². The Morgan fingerprint density at radius 1 is 0.684 bits per heavy atom. The van der Waals surface area contributed by atoms with E-state index >= 15 is 0 Å². The number of nitrogens with zero attached hydrogens (tertiary/aromatic N) is 1. The fourth-order valence-corrected chi connectivity index (χ4v) is 2.44. The molecule has 2 heteroatoms. The van der Waals surface area contributed by atoms with Crippen LogP contribution in [0.25, 0.3) is 33.5 Å². The molecule has 1 N–H and O–H groups in total. The van der Waals surface area contributed by atoms with Crippen molar-refractivity contribution in [3.05, 3.63) is 66.7 Å². The smallest absolute Gasteiger partial charge is 0.138 e. The molecule has 0 aliphatic heterocycles. The largest absolute Gasteiger partial charge is 0.338 e. The Morgan fingerprint density at radius 2 is 1.37 bits per heavy atom. The molecule has 0 saturated carbocycles. The highest BCUT2D eigenvalue weighted by Gasteiger charge is 2.09. The van der Waals surface area contributed by atoms with Gasteiger partial charge < -0.3 is 4.98 Å². The first kappa shape index (κ1) is 10.3. The first-order chi connectivity index (χ1) is 9.40. The van der Waals surface area contributed by atoms with Crippen LogP contribution < -0.4 is 0 Å². The molecule has 1 heterocycles. The maximum Gasteiger partial charge on any atom is 0.138 e. The molecule has 90 valence electrons. The summed E-state index contributed by atoms with van der Waals surface area (Å²) in [4.78, 5) is 8.01. The molecule has 1 aromatic carbocycles. The lowest BCUT2D eigenvalue weighted by atomic mass is 10.2. The average molecular weight is 244 g/mol. The highest BCUT2D eigenvalue weighted by atomic mass is 14.9.